The number of benzene rings is 2. The van der Waals surface area contributed by atoms with Crippen LogP contribution in [0.3, 0.4) is 0 Å². The first-order chi connectivity index (χ1) is 15.9. The Balaban J connectivity index is 1.86. The fourth-order valence-corrected chi connectivity index (χ4v) is 3.96. The number of tetrazole rings is 1. The lowest BCUT2D eigenvalue weighted by molar-refractivity contribution is 0.103. The van der Waals surface area contributed by atoms with Crippen LogP contribution in [0.15, 0.2) is 54.6 Å². The fourth-order valence-electron chi connectivity index (χ4n) is 3.96. The summed E-state index contributed by atoms with van der Waals surface area (Å²) in [6, 6.07) is 12.4. The van der Waals surface area contributed by atoms with E-state index in [0.29, 0.717) is 5.52 Å². The third-order valence-electron chi connectivity index (χ3n) is 5.46. The largest absolute Gasteiger partial charge is 0.373 e. The molecule has 0 saturated carbocycles. The zero-order chi connectivity index (χ0) is 23.2. The normalized spacial score (nSPS) is 11.9. The van der Waals surface area contributed by atoms with E-state index in [9.17, 15) is 18.3 Å². The summed E-state index contributed by atoms with van der Waals surface area (Å²) in [6.07, 6.45) is 0. The predicted octanol–water partition coefficient (Wildman–Crippen LogP) is 3.33. The van der Waals surface area contributed by atoms with Gasteiger partial charge < -0.3 is 9.67 Å². The van der Waals surface area contributed by atoms with E-state index in [1.54, 1.807) is 6.92 Å². The maximum Gasteiger partial charge on any atom is 0.226 e. The number of nitrogens with zero attached hydrogens (tertiary/aromatic N) is 6. The first-order valence-electron chi connectivity index (χ1n) is 9.98. The second kappa shape index (κ2) is 7.78. The summed E-state index contributed by atoms with van der Waals surface area (Å²) < 4.78 is 46.2. The van der Waals surface area contributed by atoms with Crippen molar-refractivity contribution in [3.8, 4) is 11.4 Å². The molecule has 3 heterocycles. The lowest BCUT2D eigenvalue weighted by Gasteiger charge is -2.30. The summed E-state index contributed by atoms with van der Waals surface area (Å²) in [4.78, 5) is 8.23. The highest BCUT2D eigenvalue weighted by Gasteiger charge is 2.43. The number of aryl methyl sites for hydroxylation is 1. The minimum Gasteiger partial charge on any atom is -0.373 e. The first-order valence-corrected chi connectivity index (χ1v) is 9.98. The molecule has 8 nitrogen and oxygen atoms in total. The molecule has 2 N–H and O–H groups in total. The number of aromatic nitrogens is 7. The van der Waals surface area contributed by atoms with Gasteiger partial charge in [-0.05, 0) is 35.5 Å². The smallest absolute Gasteiger partial charge is 0.226 e. The van der Waals surface area contributed by atoms with Crippen LogP contribution in [0.1, 0.15) is 23.9 Å². The third kappa shape index (κ3) is 3.16. The van der Waals surface area contributed by atoms with Crippen molar-refractivity contribution in [1.82, 2.24) is 35.2 Å². The van der Waals surface area contributed by atoms with Crippen molar-refractivity contribution in [2.75, 3.05) is 0 Å². The molecule has 0 aliphatic rings. The Morgan fingerprint density at radius 3 is 2.15 bits per heavy atom. The molecule has 0 fully saturated rings. The number of H-pyrrole nitrogens is 1. The number of fused-ring (bicyclic) bond motifs is 1. The molecular weight excluding hydrogens is 435 g/mol. The zero-order valence-corrected chi connectivity index (χ0v) is 17.2. The van der Waals surface area contributed by atoms with Gasteiger partial charge in [0.25, 0.3) is 0 Å². The van der Waals surface area contributed by atoms with Crippen molar-refractivity contribution in [3.05, 3.63) is 89.1 Å². The molecule has 166 valence electrons. The minimum atomic E-state index is -2.34. The fraction of sp³-hybridized carbons (Fsp3) is 0.136. The van der Waals surface area contributed by atoms with Crippen LogP contribution in [-0.4, -0.2) is 40.3 Å². The van der Waals surface area contributed by atoms with Crippen molar-refractivity contribution in [2.45, 2.75) is 19.1 Å². The average Bonchev–Trinajstić information content (AvgIpc) is 3.46. The van der Waals surface area contributed by atoms with Crippen molar-refractivity contribution in [1.29, 1.82) is 0 Å². The van der Waals surface area contributed by atoms with E-state index in [1.807, 2.05) is 0 Å². The van der Waals surface area contributed by atoms with E-state index in [2.05, 4.69) is 30.6 Å². The Labute approximate surface area is 184 Å². The molecule has 0 bridgehead atoms. The maximum absolute atomic E-state index is 15.0. The Morgan fingerprint density at radius 2 is 1.61 bits per heavy atom. The van der Waals surface area contributed by atoms with Gasteiger partial charge in [0.15, 0.2) is 22.9 Å². The van der Waals surface area contributed by atoms with Gasteiger partial charge in [0.1, 0.15) is 11.6 Å². The monoisotopic (exact) mass is 451 g/mol. The summed E-state index contributed by atoms with van der Waals surface area (Å²) in [5, 5.41) is 25.1. The predicted molar refractivity (Wildman–Crippen MR) is 111 cm³/mol. The Hall–Kier alpha value is -4.12. The van der Waals surface area contributed by atoms with Gasteiger partial charge in [-0.2, -0.15) is 9.37 Å². The topological polar surface area (TPSA) is 105 Å². The molecule has 0 radical (unpaired) electrons. The van der Waals surface area contributed by atoms with Crippen LogP contribution in [0.2, 0.25) is 0 Å². The van der Waals surface area contributed by atoms with Gasteiger partial charge in [-0.1, -0.05) is 36.4 Å². The van der Waals surface area contributed by atoms with Crippen molar-refractivity contribution in [3.63, 3.8) is 0 Å². The van der Waals surface area contributed by atoms with Crippen molar-refractivity contribution < 1.29 is 18.3 Å². The average molecular weight is 451 g/mol. The number of aromatic amines is 1. The van der Waals surface area contributed by atoms with E-state index >= 15 is 0 Å². The molecule has 3 aromatic heterocycles. The minimum absolute atomic E-state index is 0.0195. The van der Waals surface area contributed by atoms with E-state index in [0.717, 1.165) is 12.1 Å². The maximum atomic E-state index is 15.0. The zero-order valence-electron chi connectivity index (χ0n) is 17.2. The van der Waals surface area contributed by atoms with Crippen LogP contribution in [0, 0.1) is 17.6 Å². The number of hydrogen-bond acceptors (Lipinski definition) is 6. The molecular formula is C22H16F3N7O. The number of pyridine rings is 1. The standard InChI is InChI=1S/C22H16F3N7O/c1-2-32-17-11-12(19-28-30-31-29-19)18(25)26-20(17)27-21(32)22(33,13-7-3-5-9-15(13)23)14-8-4-6-10-16(14)24/h3-11,33H,2H2,1H3,(H,28,29,30,31). The van der Waals surface area contributed by atoms with Gasteiger partial charge >= 0.3 is 0 Å². The lowest BCUT2D eigenvalue weighted by Crippen LogP contribution is -2.34. The quantitative estimate of drug-likeness (QED) is 0.397. The Morgan fingerprint density at radius 1 is 0.970 bits per heavy atom. The van der Waals surface area contributed by atoms with Gasteiger partial charge in [0.05, 0.1) is 11.1 Å². The van der Waals surface area contributed by atoms with Gasteiger partial charge in [0.2, 0.25) is 5.95 Å². The molecule has 0 saturated heterocycles. The molecule has 5 aromatic rings. The van der Waals surface area contributed by atoms with Gasteiger partial charge in [-0.15, -0.1) is 5.10 Å². The van der Waals surface area contributed by atoms with Gasteiger partial charge in [-0.3, -0.25) is 0 Å². The van der Waals surface area contributed by atoms with Crippen LogP contribution in [0.25, 0.3) is 22.6 Å². The molecule has 5 rings (SSSR count). The molecule has 2 aromatic carbocycles. The summed E-state index contributed by atoms with van der Waals surface area (Å²) in [5.41, 5.74) is -2.50. The van der Waals surface area contributed by atoms with Crippen LogP contribution in [-0.2, 0) is 12.1 Å². The Bertz CT molecular complexity index is 1420. The molecule has 0 unspecified atom stereocenters. The highest BCUT2D eigenvalue weighted by Crippen LogP contribution is 2.40. The summed E-state index contributed by atoms with van der Waals surface area (Å²) in [7, 11) is 0. The van der Waals surface area contributed by atoms with Gasteiger partial charge in [-0.25, -0.2) is 18.9 Å². The van der Waals surface area contributed by atoms with Crippen LogP contribution in [0.5, 0.6) is 0 Å². The molecule has 0 aliphatic heterocycles. The van der Waals surface area contributed by atoms with Crippen LogP contribution < -0.4 is 0 Å². The second-order valence-electron chi connectivity index (χ2n) is 7.27. The summed E-state index contributed by atoms with van der Waals surface area (Å²) in [6.45, 7) is 1.99. The number of halogens is 3. The highest BCUT2D eigenvalue weighted by molar-refractivity contribution is 5.78. The van der Waals surface area contributed by atoms with E-state index < -0.39 is 23.2 Å². The van der Waals surface area contributed by atoms with E-state index in [-0.39, 0.29) is 40.5 Å². The molecule has 0 atom stereocenters. The molecule has 0 amide bonds. The highest BCUT2D eigenvalue weighted by atomic mass is 19.1. The number of hydrogen-bond donors (Lipinski definition) is 2. The SMILES string of the molecule is CCn1c(C(O)(c2ccccc2F)c2ccccc2F)nc2nc(F)c(-c3nnn[nH]3)cc21. The third-order valence-corrected chi connectivity index (χ3v) is 5.46. The van der Waals surface area contributed by atoms with E-state index in [1.165, 1.54) is 47.0 Å². The number of nitrogens with one attached hydrogen (secondary N) is 1. The number of imidazole rings is 1. The van der Waals surface area contributed by atoms with Crippen molar-refractivity contribution >= 4 is 11.2 Å². The van der Waals surface area contributed by atoms with Crippen molar-refractivity contribution in [2.24, 2.45) is 0 Å². The second-order valence-corrected chi connectivity index (χ2v) is 7.27. The summed E-state index contributed by atoms with van der Waals surface area (Å²) >= 11 is 0. The summed E-state index contributed by atoms with van der Waals surface area (Å²) in [5.74, 6) is -2.48. The van der Waals surface area contributed by atoms with Gasteiger partial charge in [0, 0.05) is 17.7 Å². The number of rotatable bonds is 5. The van der Waals surface area contributed by atoms with E-state index in [4.69, 9.17) is 0 Å². The lowest BCUT2D eigenvalue weighted by atomic mass is 9.84. The van der Waals surface area contributed by atoms with Crippen LogP contribution in [0.4, 0.5) is 13.2 Å². The number of aliphatic hydroxyl groups is 1. The Kier molecular flexibility index (Phi) is 4.90. The molecule has 0 aliphatic carbocycles. The molecule has 33 heavy (non-hydrogen) atoms. The first kappa shape index (κ1) is 20.8. The molecule has 11 heteroatoms. The molecule has 0 spiro atoms. The van der Waals surface area contributed by atoms with Crippen LogP contribution >= 0.6 is 0 Å².